The van der Waals surface area contributed by atoms with Gasteiger partial charge in [0.1, 0.15) is 11.5 Å². The van der Waals surface area contributed by atoms with E-state index in [1.807, 2.05) is 55.6 Å². The molecule has 0 bridgehead atoms. The first-order valence-corrected chi connectivity index (χ1v) is 12.5. The molecule has 0 spiro atoms. The minimum Gasteiger partial charge on any atom is -0.497 e. The van der Waals surface area contributed by atoms with Crippen LogP contribution in [0.15, 0.2) is 46.3 Å². The van der Waals surface area contributed by atoms with Gasteiger partial charge in [-0.2, -0.15) is 0 Å². The van der Waals surface area contributed by atoms with Crippen molar-refractivity contribution in [2.75, 3.05) is 26.7 Å². The van der Waals surface area contributed by atoms with Gasteiger partial charge in [0.25, 0.3) is 0 Å². The number of aryl methyl sites for hydroxylation is 3. The van der Waals surface area contributed by atoms with Crippen LogP contribution in [0.25, 0.3) is 0 Å². The summed E-state index contributed by atoms with van der Waals surface area (Å²) in [6.45, 7) is 5.23. The summed E-state index contributed by atoms with van der Waals surface area (Å²) in [6.07, 6.45) is 0.686. The highest BCUT2D eigenvalue weighted by Gasteiger charge is 2.31. The summed E-state index contributed by atoms with van der Waals surface area (Å²) in [7, 11) is 1.62. The maximum absolute atomic E-state index is 13.2. The standard InChI is InChI=1S/C26H31N3O5S/c1-18-24(19(2)34-27-18)17-33-22-14-28(13-20-6-4-7-21(12-20)32-3)26(31)16-29(15-22)25(30)10-9-23-8-5-11-35-23/h4-8,11-12,22H,9-10,13-17H2,1-3H3/t22-/m0/s1. The van der Waals surface area contributed by atoms with E-state index in [-0.39, 0.29) is 24.5 Å². The second-order valence-electron chi connectivity index (χ2n) is 8.72. The van der Waals surface area contributed by atoms with Crippen LogP contribution in [0.1, 0.15) is 33.9 Å². The van der Waals surface area contributed by atoms with E-state index in [1.165, 1.54) is 0 Å². The SMILES string of the molecule is COc1cccc(CN2C[C@H](OCc3c(C)noc3C)CN(C(=O)CCc3cccs3)CC2=O)c1. The Balaban J connectivity index is 1.49. The zero-order chi connectivity index (χ0) is 24.8. The zero-order valence-corrected chi connectivity index (χ0v) is 21.2. The third-order valence-corrected chi connectivity index (χ3v) is 7.13. The van der Waals surface area contributed by atoms with Gasteiger partial charge in [-0.15, -0.1) is 11.3 Å². The van der Waals surface area contributed by atoms with Crippen molar-refractivity contribution in [2.45, 2.75) is 45.9 Å². The highest BCUT2D eigenvalue weighted by Crippen LogP contribution is 2.20. The van der Waals surface area contributed by atoms with Gasteiger partial charge in [-0.3, -0.25) is 9.59 Å². The Morgan fingerprint density at radius 2 is 2.09 bits per heavy atom. The first-order valence-electron chi connectivity index (χ1n) is 11.7. The number of hydrogen-bond acceptors (Lipinski definition) is 7. The third kappa shape index (κ3) is 6.49. The fraction of sp³-hybridized carbons (Fsp3) is 0.423. The van der Waals surface area contributed by atoms with Gasteiger partial charge in [-0.25, -0.2) is 0 Å². The molecular weight excluding hydrogens is 466 g/mol. The Morgan fingerprint density at radius 3 is 2.80 bits per heavy atom. The minimum atomic E-state index is -0.341. The van der Waals surface area contributed by atoms with Crippen molar-refractivity contribution in [3.8, 4) is 5.75 Å². The van der Waals surface area contributed by atoms with Gasteiger partial charge in [0.05, 0.1) is 32.1 Å². The molecule has 35 heavy (non-hydrogen) atoms. The van der Waals surface area contributed by atoms with Crippen molar-refractivity contribution < 1.29 is 23.6 Å². The molecule has 3 heterocycles. The molecule has 1 aliphatic rings. The van der Waals surface area contributed by atoms with Gasteiger partial charge >= 0.3 is 0 Å². The Hall–Kier alpha value is -3.17. The lowest BCUT2D eigenvalue weighted by Gasteiger charge is -2.25. The molecule has 8 nitrogen and oxygen atoms in total. The van der Waals surface area contributed by atoms with Crippen LogP contribution in [0.4, 0.5) is 0 Å². The molecule has 186 valence electrons. The van der Waals surface area contributed by atoms with Crippen LogP contribution in [0.5, 0.6) is 5.75 Å². The van der Waals surface area contributed by atoms with E-state index >= 15 is 0 Å². The first kappa shape index (κ1) is 24.9. The van der Waals surface area contributed by atoms with Crippen molar-refractivity contribution in [2.24, 2.45) is 0 Å². The molecule has 0 radical (unpaired) electrons. The van der Waals surface area contributed by atoms with Gasteiger partial charge in [0, 0.05) is 36.5 Å². The molecule has 0 saturated carbocycles. The first-order chi connectivity index (χ1) is 16.9. The third-order valence-electron chi connectivity index (χ3n) is 6.20. The molecule has 9 heteroatoms. The smallest absolute Gasteiger partial charge is 0.242 e. The lowest BCUT2D eigenvalue weighted by Crippen LogP contribution is -2.39. The quantitative estimate of drug-likeness (QED) is 0.448. The predicted molar refractivity (Wildman–Crippen MR) is 132 cm³/mol. The Kier molecular flexibility index (Phi) is 8.20. The topological polar surface area (TPSA) is 85.1 Å². The average Bonchev–Trinajstić information content (AvgIpc) is 3.45. The van der Waals surface area contributed by atoms with Crippen LogP contribution < -0.4 is 4.74 Å². The summed E-state index contributed by atoms with van der Waals surface area (Å²) >= 11 is 1.63. The molecule has 2 aromatic heterocycles. The van der Waals surface area contributed by atoms with E-state index in [4.69, 9.17) is 14.0 Å². The van der Waals surface area contributed by atoms with Gasteiger partial charge in [-0.05, 0) is 49.4 Å². The zero-order valence-electron chi connectivity index (χ0n) is 20.4. The highest BCUT2D eigenvalue weighted by atomic mass is 32.1. The summed E-state index contributed by atoms with van der Waals surface area (Å²) in [5.41, 5.74) is 2.64. The summed E-state index contributed by atoms with van der Waals surface area (Å²) in [4.78, 5) is 30.9. The second kappa shape index (κ2) is 11.5. The maximum Gasteiger partial charge on any atom is 0.242 e. The summed E-state index contributed by atoms with van der Waals surface area (Å²) < 4.78 is 16.8. The van der Waals surface area contributed by atoms with E-state index in [0.29, 0.717) is 44.8 Å². The normalized spacial score (nSPS) is 16.4. The summed E-state index contributed by atoms with van der Waals surface area (Å²) in [6, 6.07) is 11.7. The largest absolute Gasteiger partial charge is 0.497 e. The van der Waals surface area contributed by atoms with Crippen LogP contribution in [0.3, 0.4) is 0 Å². The fourth-order valence-electron chi connectivity index (χ4n) is 4.17. The van der Waals surface area contributed by atoms with E-state index < -0.39 is 0 Å². The Morgan fingerprint density at radius 1 is 1.23 bits per heavy atom. The monoisotopic (exact) mass is 497 g/mol. The van der Waals surface area contributed by atoms with Crippen molar-refractivity contribution in [3.05, 3.63) is 69.2 Å². The van der Waals surface area contributed by atoms with E-state index in [2.05, 4.69) is 5.16 Å². The van der Waals surface area contributed by atoms with Gasteiger partial charge in [-0.1, -0.05) is 23.4 Å². The number of ether oxygens (including phenoxy) is 2. The van der Waals surface area contributed by atoms with Crippen LogP contribution in [0.2, 0.25) is 0 Å². The Bertz CT molecular complexity index is 1120. The maximum atomic E-state index is 13.2. The van der Waals surface area contributed by atoms with Crippen LogP contribution in [-0.4, -0.2) is 59.6 Å². The Labute approximate surface area is 209 Å². The predicted octanol–water partition coefficient (Wildman–Crippen LogP) is 3.75. The molecule has 1 atom stereocenters. The van der Waals surface area contributed by atoms with Crippen molar-refractivity contribution in [1.82, 2.24) is 15.0 Å². The van der Waals surface area contributed by atoms with Gasteiger partial charge < -0.3 is 23.8 Å². The van der Waals surface area contributed by atoms with E-state index in [0.717, 1.165) is 27.4 Å². The number of hydrogen-bond donors (Lipinski definition) is 0. The van der Waals surface area contributed by atoms with Gasteiger partial charge in [0.2, 0.25) is 11.8 Å². The highest BCUT2D eigenvalue weighted by molar-refractivity contribution is 7.09. The summed E-state index contributed by atoms with van der Waals surface area (Å²) in [5.74, 6) is 1.31. The average molecular weight is 498 g/mol. The molecule has 2 amide bonds. The van der Waals surface area contributed by atoms with E-state index in [1.54, 1.807) is 28.2 Å². The molecule has 3 aromatic rings. The molecule has 1 saturated heterocycles. The molecule has 1 aliphatic heterocycles. The number of aromatic nitrogens is 1. The molecule has 0 N–H and O–H groups in total. The van der Waals surface area contributed by atoms with Crippen molar-refractivity contribution in [1.29, 1.82) is 0 Å². The van der Waals surface area contributed by atoms with Crippen LogP contribution in [-0.2, 0) is 33.9 Å². The van der Waals surface area contributed by atoms with Crippen LogP contribution >= 0.6 is 11.3 Å². The number of rotatable bonds is 9. The molecule has 1 aromatic carbocycles. The molecule has 1 fully saturated rings. The molecule has 4 rings (SSSR count). The number of amides is 2. The fourth-order valence-corrected chi connectivity index (χ4v) is 4.88. The molecule has 0 unspecified atom stereocenters. The number of benzene rings is 1. The number of carbonyl (C=O) groups is 2. The van der Waals surface area contributed by atoms with Crippen molar-refractivity contribution in [3.63, 3.8) is 0 Å². The number of methoxy groups -OCH3 is 1. The molecular formula is C26H31N3O5S. The van der Waals surface area contributed by atoms with Crippen LogP contribution in [0, 0.1) is 13.8 Å². The minimum absolute atomic E-state index is 0.0401. The number of thiophene rings is 1. The number of carbonyl (C=O) groups excluding carboxylic acids is 2. The lowest BCUT2D eigenvalue weighted by molar-refractivity contribution is -0.139. The molecule has 0 aliphatic carbocycles. The van der Waals surface area contributed by atoms with E-state index in [9.17, 15) is 9.59 Å². The lowest BCUT2D eigenvalue weighted by atomic mass is 10.2. The van der Waals surface area contributed by atoms with Crippen molar-refractivity contribution >= 4 is 23.2 Å². The van der Waals surface area contributed by atoms with Gasteiger partial charge in [0.15, 0.2) is 0 Å². The summed E-state index contributed by atoms with van der Waals surface area (Å²) in [5, 5.41) is 6.00. The number of nitrogens with zero attached hydrogens (tertiary/aromatic N) is 3. The second-order valence-corrected chi connectivity index (χ2v) is 9.75.